The zero-order valence-corrected chi connectivity index (χ0v) is 9.29. The molecule has 1 fully saturated rings. The van der Waals surface area contributed by atoms with Gasteiger partial charge in [-0.25, -0.2) is 0 Å². The van der Waals surface area contributed by atoms with E-state index in [0.717, 1.165) is 36.9 Å². The zero-order chi connectivity index (χ0) is 10.7. The van der Waals surface area contributed by atoms with E-state index in [-0.39, 0.29) is 0 Å². The summed E-state index contributed by atoms with van der Waals surface area (Å²) in [4.78, 5) is 0. The van der Waals surface area contributed by atoms with Gasteiger partial charge in [-0.3, -0.25) is 0 Å². The number of hydrogen-bond donors (Lipinski definition) is 2. The third kappa shape index (κ3) is 2.00. The van der Waals surface area contributed by atoms with Gasteiger partial charge in [-0.1, -0.05) is 37.5 Å². The number of hydrogen-bond acceptors (Lipinski definition) is 2. The maximum Gasteiger partial charge on any atom is 0.0916 e. The van der Waals surface area contributed by atoms with Gasteiger partial charge in [0.2, 0.25) is 0 Å². The Balaban J connectivity index is 2.34. The van der Waals surface area contributed by atoms with Crippen molar-refractivity contribution in [3.63, 3.8) is 0 Å². The Morgan fingerprint density at radius 2 is 1.80 bits per heavy atom. The summed E-state index contributed by atoms with van der Waals surface area (Å²) in [6.45, 7) is 0. The molecule has 0 aliphatic heterocycles. The van der Waals surface area contributed by atoms with Gasteiger partial charge in [0.1, 0.15) is 0 Å². The molecule has 0 heterocycles. The van der Waals surface area contributed by atoms with E-state index in [4.69, 9.17) is 0 Å². The fourth-order valence-electron chi connectivity index (χ4n) is 2.51. The van der Waals surface area contributed by atoms with E-state index >= 15 is 0 Å². The third-order valence-electron chi connectivity index (χ3n) is 3.38. The van der Waals surface area contributed by atoms with Gasteiger partial charge in [0, 0.05) is 18.3 Å². The average Bonchev–Trinajstić information content (AvgIpc) is 2.30. The van der Waals surface area contributed by atoms with E-state index < -0.39 is 5.60 Å². The molecule has 2 N–H and O–H groups in total. The lowest BCUT2D eigenvalue weighted by atomic mass is 9.79. The Morgan fingerprint density at radius 1 is 1.13 bits per heavy atom. The molecule has 2 heteroatoms. The van der Waals surface area contributed by atoms with Crippen LogP contribution in [0.3, 0.4) is 0 Å². The van der Waals surface area contributed by atoms with Gasteiger partial charge >= 0.3 is 0 Å². The first-order valence-corrected chi connectivity index (χ1v) is 5.76. The molecule has 0 amide bonds. The van der Waals surface area contributed by atoms with Gasteiger partial charge in [0.05, 0.1) is 5.60 Å². The number of nitrogens with one attached hydrogen (secondary N) is 1. The lowest BCUT2D eigenvalue weighted by molar-refractivity contribution is 0.0000357. The number of rotatable bonds is 2. The SMILES string of the molecule is CNc1ccccc1C1(O)CCCCC1. The van der Waals surface area contributed by atoms with Crippen LogP contribution < -0.4 is 5.32 Å². The van der Waals surface area contributed by atoms with Crippen molar-refractivity contribution in [1.82, 2.24) is 0 Å². The second-order valence-electron chi connectivity index (χ2n) is 4.39. The Morgan fingerprint density at radius 3 is 2.47 bits per heavy atom. The third-order valence-corrected chi connectivity index (χ3v) is 3.38. The summed E-state index contributed by atoms with van der Waals surface area (Å²) in [6, 6.07) is 8.07. The Bertz CT molecular complexity index is 329. The molecule has 2 rings (SSSR count). The highest BCUT2D eigenvalue weighted by atomic mass is 16.3. The van der Waals surface area contributed by atoms with Crippen LogP contribution >= 0.6 is 0 Å². The standard InChI is InChI=1S/C13H19NO/c1-14-12-8-4-3-7-11(12)13(15)9-5-2-6-10-13/h3-4,7-8,14-15H,2,5-6,9-10H2,1H3. The van der Waals surface area contributed by atoms with Crippen LogP contribution in [0, 0.1) is 0 Å². The second-order valence-corrected chi connectivity index (χ2v) is 4.39. The van der Waals surface area contributed by atoms with E-state index in [1.807, 2.05) is 31.3 Å². The highest BCUT2D eigenvalue weighted by Crippen LogP contribution is 2.39. The van der Waals surface area contributed by atoms with Gasteiger partial charge in [-0.05, 0) is 18.9 Å². The quantitative estimate of drug-likeness (QED) is 0.778. The molecule has 0 aromatic heterocycles. The maximum atomic E-state index is 10.6. The minimum Gasteiger partial charge on any atom is -0.388 e. The number of benzene rings is 1. The van der Waals surface area contributed by atoms with Gasteiger partial charge in [-0.15, -0.1) is 0 Å². The highest BCUT2D eigenvalue weighted by Gasteiger charge is 2.32. The lowest BCUT2D eigenvalue weighted by Gasteiger charge is -2.33. The van der Waals surface area contributed by atoms with E-state index in [9.17, 15) is 5.11 Å². The molecule has 1 aromatic carbocycles. The van der Waals surface area contributed by atoms with E-state index in [2.05, 4.69) is 5.32 Å². The molecule has 82 valence electrons. The van der Waals surface area contributed by atoms with E-state index in [0.29, 0.717) is 0 Å². The molecule has 2 nitrogen and oxygen atoms in total. The number of para-hydroxylation sites is 1. The molecular formula is C13H19NO. The van der Waals surface area contributed by atoms with Crippen LogP contribution in [0.5, 0.6) is 0 Å². The fraction of sp³-hybridized carbons (Fsp3) is 0.538. The fourth-order valence-corrected chi connectivity index (χ4v) is 2.51. The average molecular weight is 205 g/mol. The van der Waals surface area contributed by atoms with E-state index in [1.54, 1.807) is 0 Å². The van der Waals surface area contributed by atoms with E-state index in [1.165, 1.54) is 6.42 Å². The van der Waals surface area contributed by atoms with Crippen LogP contribution in [-0.4, -0.2) is 12.2 Å². The monoisotopic (exact) mass is 205 g/mol. The molecule has 1 aromatic rings. The predicted molar refractivity (Wildman–Crippen MR) is 63.0 cm³/mol. The molecule has 0 spiro atoms. The van der Waals surface area contributed by atoms with Crippen LogP contribution in [0.1, 0.15) is 37.7 Å². The zero-order valence-electron chi connectivity index (χ0n) is 9.29. The minimum absolute atomic E-state index is 0.599. The predicted octanol–water partition coefficient (Wildman–Crippen LogP) is 2.88. The summed E-state index contributed by atoms with van der Waals surface area (Å²) in [5.41, 5.74) is 1.52. The van der Waals surface area contributed by atoms with Crippen molar-refractivity contribution in [2.45, 2.75) is 37.7 Å². The maximum absolute atomic E-state index is 10.6. The first kappa shape index (κ1) is 10.5. The summed E-state index contributed by atoms with van der Waals surface area (Å²) in [6.07, 6.45) is 5.31. The summed E-state index contributed by atoms with van der Waals surface area (Å²) >= 11 is 0. The van der Waals surface area contributed by atoms with Crippen molar-refractivity contribution in [2.75, 3.05) is 12.4 Å². The van der Waals surface area contributed by atoms with Crippen molar-refractivity contribution in [3.8, 4) is 0 Å². The highest BCUT2D eigenvalue weighted by molar-refractivity contribution is 5.53. The summed E-state index contributed by atoms with van der Waals surface area (Å²) < 4.78 is 0. The molecule has 0 radical (unpaired) electrons. The minimum atomic E-state index is -0.599. The molecule has 0 bridgehead atoms. The molecule has 0 atom stereocenters. The van der Waals surface area contributed by atoms with Crippen molar-refractivity contribution in [2.24, 2.45) is 0 Å². The Hall–Kier alpha value is -1.02. The molecular weight excluding hydrogens is 186 g/mol. The van der Waals surface area contributed by atoms with Gasteiger partial charge in [-0.2, -0.15) is 0 Å². The van der Waals surface area contributed by atoms with Gasteiger partial charge in [0.15, 0.2) is 0 Å². The molecule has 1 aliphatic rings. The second kappa shape index (κ2) is 4.23. The molecule has 0 unspecified atom stereocenters. The summed E-state index contributed by atoms with van der Waals surface area (Å²) in [5.74, 6) is 0. The van der Waals surface area contributed by atoms with Gasteiger partial charge in [0.25, 0.3) is 0 Å². The summed E-state index contributed by atoms with van der Waals surface area (Å²) in [7, 11) is 1.91. The molecule has 15 heavy (non-hydrogen) atoms. The van der Waals surface area contributed by atoms with Gasteiger partial charge < -0.3 is 10.4 Å². The van der Waals surface area contributed by atoms with Crippen LogP contribution in [0.15, 0.2) is 24.3 Å². The van der Waals surface area contributed by atoms with Crippen LogP contribution in [0.4, 0.5) is 5.69 Å². The van der Waals surface area contributed by atoms with Crippen molar-refractivity contribution in [1.29, 1.82) is 0 Å². The topological polar surface area (TPSA) is 32.3 Å². The first-order valence-electron chi connectivity index (χ1n) is 5.76. The number of aliphatic hydroxyl groups is 1. The molecule has 0 saturated heterocycles. The Labute approximate surface area is 91.3 Å². The summed E-state index contributed by atoms with van der Waals surface area (Å²) in [5, 5.41) is 13.8. The Kier molecular flexibility index (Phi) is 2.96. The smallest absolute Gasteiger partial charge is 0.0916 e. The van der Waals surface area contributed by atoms with Crippen molar-refractivity contribution in [3.05, 3.63) is 29.8 Å². The van der Waals surface area contributed by atoms with Crippen LogP contribution in [0.25, 0.3) is 0 Å². The van der Waals surface area contributed by atoms with Crippen LogP contribution in [0.2, 0.25) is 0 Å². The van der Waals surface area contributed by atoms with Crippen molar-refractivity contribution >= 4 is 5.69 Å². The first-order chi connectivity index (χ1) is 7.26. The normalized spacial score (nSPS) is 19.9. The number of anilines is 1. The largest absolute Gasteiger partial charge is 0.388 e. The lowest BCUT2D eigenvalue weighted by Crippen LogP contribution is -2.29. The molecule has 1 saturated carbocycles. The van der Waals surface area contributed by atoms with Crippen LogP contribution in [-0.2, 0) is 5.60 Å². The molecule has 1 aliphatic carbocycles. The van der Waals surface area contributed by atoms with Crippen molar-refractivity contribution < 1.29 is 5.11 Å².